The number of hydrogen-bond acceptors (Lipinski definition) is 4. The first-order chi connectivity index (χ1) is 10.1. The molecule has 0 saturated carbocycles. The molecule has 21 heavy (non-hydrogen) atoms. The maximum atomic E-state index is 10.7. The number of thiocarbonyl (C=S) groups is 1. The summed E-state index contributed by atoms with van der Waals surface area (Å²) in [6.45, 7) is 3.94. The van der Waals surface area contributed by atoms with E-state index < -0.39 is 11.2 Å². The first kappa shape index (κ1) is 21.3. The predicted molar refractivity (Wildman–Crippen MR) is 102 cm³/mol. The Morgan fingerprint density at radius 1 is 1.00 bits per heavy atom. The van der Waals surface area contributed by atoms with Gasteiger partial charge in [0.25, 0.3) is 0 Å². The minimum atomic E-state index is -0.790. The molecule has 0 amide bonds. The Morgan fingerprint density at radius 2 is 1.48 bits per heavy atom. The zero-order chi connectivity index (χ0) is 15.9. The molecule has 0 aromatic heterocycles. The number of carboxylic acids is 1. The van der Waals surface area contributed by atoms with Gasteiger partial charge in [0, 0.05) is 0 Å². The van der Waals surface area contributed by atoms with Gasteiger partial charge in [-0.3, -0.25) is 4.79 Å². The second-order valence-electron chi connectivity index (χ2n) is 5.38. The first-order valence-electron chi connectivity index (χ1n) is 8.14. The number of carboxylic acid groups (broad SMARTS) is 1. The highest BCUT2D eigenvalue weighted by atomic mass is 32.2. The number of hydrogen-bond donors (Lipinski definition) is 1. The molecular weight excluding hydrogens is 320 g/mol. The molecule has 124 valence electrons. The summed E-state index contributed by atoms with van der Waals surface area (Å²) in [6, 6.07) is 0. The van der Waals surface area contributed by atoms with Gasteiger partial charge in [-0.25, -0.2) is 0 Å². The molecule has 0 saturated heterocycles. The summed E-state index contributed by atoms with van der Waals surface area (Å²) in [4.78, 5) is 10.7. The molecule has 2 nitrogen and oxygen atoms in total. The molecule has 0 aromatic carbocycles. The average Bonchev–Trinajstić information content (AvgIpc) is 2.44. The second-order valence-corrected chi connectivity index (χ2v) is 9.02. The van der Waals surface area contributed by atoms with Crippen LogP contribution in [0.1, 0.15) is 78.1 Å². The van der Waals surface area contributed by atoms with Crippen LogP contribution in [0.3, 0.4) is 0 Å². The molecule has 0 radical (unpaired) electrons. The molecule has 0 aliphatic rings. The third kappa shape index (κ3) is 14.9. The van der Waals surface area contributed by atoms with E-state index in [0.717, 1.165) is 9.28 Å². The van der Waals surface area contributed by atoms with Crippen LogP contribution in [0.2, 0.25) is 0 Å². The number of thioether (sulfide) groups is 2. The van der Waals surface area contributed by atoms with Gasteiger partial charge in [-0.2, -0.15) is 0 Å². The van der Waals surface area contributed by atoms with E-state index in [1.807, 2.05) is 0 Å². The molecule has 0 aromatic rings. The van der Waals surface area contributed by atoms with Crippen LogP contribution in [-0.2, 0) is 4.79 Å². The second kappa shape index (κ2) is 15.2. The Kier molecular flexibility index (Phi) is 15.4. The average molecular weight is 351 g/mol. The molecule has 0 bridgehead atoms. The van der Waals surface area contributed by atoms with Crippen molar-refractivity contribution < 1.29 is 9.90 Å². The van der Waals surface area contributed by atoms with Crippen molar-refractivity contribution >= 4 is 45.2 Å². The summed E-state index contributed by atoms with van der Waals surface area (Å²) in [5.74, 6) is 0.233. The normalized spacial score (nSPS) is 12.3. The summed E-state index contributed by atoms with van der Waals surface area (Å²) in [7, 11) is 0. The van der Waals surface area contributed by atoms with Crippen LogP contribution in [0.5, 0.6) is 0 Å². The molecule has 0 fully saturated rings. The Labute approximate surface area is 144 Å². The van der Waals surface area contributed by atoms with Gasteiger partial charge in [-0.05, 0) is 19.1 Å². The molecule has 1 unspecified atom stereocenters. The summed E-state index contributed by atoms with van der Waals surface area (Å²) < 4.78 is 0.765. The fraction of sp³-hybridized carbons (Fsp3) is 0.875. The minimum absolute atomic E-state index is 0.433. The van der Waals surface area contributed by atoms with E-state index in [-0.39, 0.29) is 0 Å². The fourth-order valence-electron chi connectivity index (χ4n) is 1.97. The topological polar surface area (TPSA) is 37.3 Å². The van der Waals surface area contributed by atoms with Crippen LogP contribution in [0.4, 0.5) is 0 Å². The number of aliphatic carboxylic acids is 1. The van der Waals surface area contributed by atoms with Crippen molar-refractivity contribution in [2.24, 2.45) is 0 Å². The van der Waals surface area contributed by atoms with Gasteiger partial charge in [0.05, 0.1) is 0 Å². The summed E-state index contributed by atoms with van der Waals surface area (Å²) >= 11 is 8.10. The quantitative estimate of drug-likeness (QED) is 0.319. The van der Waals surface area contributed by atoms with Crippen molar-refractivity contribution in [2.45, 2.75) is 83.3 Å². The number of unbranched alkanes of at least 4 members (excludes halogenated alkanes) is 9. The Balaban J connectivity index is 3.25. The van der Waals surface area contributed by atoms with Gasteiger partial charge in [0.1, 0.15) is 8.78 Å². The van der Waals surface area contributed by atoms with Crippen molar-refractivity contribution in [1.82, 2.24) is 0 Å². The van der Waals surface area contributed by atoms with E-state index in [9.17, 15) is 4.79 Å². The minimum Gasteiger partial charge on any atom is -0.480 e. The third-order valence-corrected chi connectivity index (χ3v) is 6.10. The monoisotopic (exact) mass is 350 g/mol. The van der Waals surface area contributed by atoms with Crippen molar-refractivity contribution in [3.05, 3.63) is 0 Å². The van der Waals surface area contributed by atoms with Crippen molar-refractivity contribution in [3.8, 4) is 0 Å². The summed E-state index contributed by atoms with van der Waals surface area (Å²) in [5.41, 5.74) is 0. The maximum Gasteiger partial charge on any atom is 0.316 e. The number of rotatable bonds is 13. The van der Waals surface area contributed by atoms with E-state index >= 15 is 0 Å². The van der Waals surface area contributed by atoms with Gasteiger partial charge in [-0.1, -0.05) is 88.7 Å². The molecule has 0 aliphatic carbocycles. The third-order valence-electron chi connectivity index (χ3n) is 3.34. The smallest absolute Gasteiger partial charge is 0.316 e. The summed E-state index contributed by atoms with van der Waals surface area (Å²) in [6.07, 6.45) is 13.4. The molecule has 0 spiro atoms. The van der Waals surface area contributed by atoms with Crippen LogP contribution in [0, 0.1) is 0 Å². The predicted octanol–water partition coefficient (Wildman–Crippen LogP) is 6.13. The van der Waals surface area contributed by atoms with Gasteiger partial charge in [0.2, 0.25) is 0 Å². The molecule has 0 aliphatic heterocycles. The van der Waals surface area contributed by atoms with Crippen LogP contribution in [0.15, 0.2) is 0 Å². The van der Waals surface area contributed by atoms with Gasteiger partial charge < -0.3 is 5.11 Å². The van der Waals surface area contributed by atoms with Gasteiger partial charge in [-0.15, -0.1) is 11.8 Å². The highest BCUT2D eigenvalue weighted by Crippen LogP contribution is 2.23. The zero-order valence-electron chi connectivity index (χ0n) is 13.4. The lowest BCUT2D eigenvalue weighted by Gasteiger charge is -2.06. The van der Waals surface area contributed by atoms with Crippen molar-refractivity contribution in [2.75, 3.05) is 5.75 Å². The largest absolute Gasteiger partial charge is 0.480 e. The summed E-state index contributed by atoms with van der Waals surface area (Å²) in [5, 5.41) is 8.37. The first-order valence-corrected chi connectivity index (χ1v) is 10.4. The fourth-order valence-corrected chi connectivity index (χ4v) is 4.52. The van der Waals surface area contributed by atoms with E-state index in [0.29, 0.717) is 0 Å². The van der Waals surface area contributed by atoms with E-state index in [4.69, 9.17) is 17.3 Å². The lowest BCUT2D eigenvalue weighted by atomic mass is 10.1. The molecular formula is C16H30O2S3. The highest BCUT2D eigenvalue weighted by Gasteiger charge is 2.13. The molecule has 0 heterocycles. The van der Waals surface area contributed by atoms with Crippen LogP contribution in [0.25, 0.3) is 0 Å². The van der Waals surface area contributed by atoms with Crippen LogP contribution < -0.4 is 0 Å². The molecule has 0 rings (SSSR count). The van der Waals surface area contributed by atoms with Crippen LogP contribution in [-0.4, -0.2) is 25.6 Å². The van der Waals surface area contributed by atoms with E-state index in [1.165, 1.54) is 76.0 Å². The SMILES string of the molecule is CCCCCCCCCCCCSC(=S)SC(C)C(=O)O. The molecule has 1 atom stereocenters. The molecule has 5 heteroatoms. The van der Waals surface area contributed by atoms with E-state index in [1.54, 1.807) is 18.7 Å². The van der Waals surface area contributed by atoms with Crippen molar-refractivity contribution in [1.29, 1.82) is 0 Å². The highest BCUT2D eigenvalue weighted by molar-refractivity contribution is 8.47. The van der Waals surface area contributed by atoms with Gasteiger partial charge >= 0.3 is 5.97 Å². The van der Waals surface area contributed by atoms with Crippen LogP contribution >= 0.6 is 35.7 Å². The Morgan fingerprint density at radius 3 is 1.95 bits per heavy atom. The standard InChI is InChI=1S/C16H30O2S3/c1-3-4-5-6-7-8-9-10-11-12-13-20-16(19)21-14(2)15(17)18/h14H,3-13H2,1-2H3,(H,17,18). The zero-order valence-corrected chi connectivity index (χ0v) is 15.9. The lowest BCUT2D eigenvalue weighted by molar-refractivity contribution is -0.136. The van der Waals surface area contributed by atoms with Gasteiger partial charge in [0.15, 0.2) is 0 Å². The van der Waals surface area contributed by atoms with Crippen molar-refractivity contribution in [3.63, 3.8) is 0 Å². The Bertz CT molecular complexity index is 283. The number of carbonyl (C=O) groups is 1. The van der Waals surface area contributed by atoms with E-state index in [2.05, 4.69) is 6.92 Å². The molecule has 1 N–H and O–H groups in total. The maximum absolute atomic E-state index is 10.7. The Hall–Kier alpha value is 0.260. The lowest BCUT2D eigenvalue weighted by Crippen LogP contribution is -2.12.